The van der Waals surface area contributed by atoms with Crippen LogP contribution in [0.3, 0.4) is 0 Å². The fourth-order valence-electron chi connectivity index (χ4n) is 1.63. The highest BCUT2D eigenvalue weighted by molar-refractivity contribution is 5.15. The van der Waals surface area contributed by atoms with E-state index in [0.29, 0.717) is 0 Å². The molecule has 84 valence electrons. The van der Waals surface area contributed by atoms with Crippen LogP contribution in [0.4, 0.5) is 4.39 Å². The van der Waals surface area contributed by atoms with E-state index >= 15 is 0 Å². The molecule has 0 aliphatic heterocycles. The van der Waals surface area contributed by atoms with Crippen molar-refractivity contribution in [1.82, 2.24) is 4.90 Å². The van der Waals surface area contributed by atoms with Crippen molar-refractivity contribution >= 4 is 0 Å². The predicted molar refractivity (Wildman–Crippen MR) is 60.3 cm³/mol. The summed E-state index contributed by atoms with van der Waals surface area (Å²) in [6.07, 6.45) is 1.67. The van der Waals surface area contributed by atoms with Gasteiger partial charge in [0, 0.05) is 6.54 Å². The van der Waals surface area contributed by atoms with Gasteiger partial charge in [-0.25, -0.2) is 4.39 Å². The molecule has 0 spiro atoms. The predicted octanol–water partition coefficient (Wildman–Crippen LogP) is 3.05. The molecule has 1 aromatic heterocycles. The van der Waals surface area contributed by atoms with E-state index < -0.39 is 0 Å². The van der Waals surface area contributed by atoms with Gasteiger partial charge < -0.3 is 4.42 Å². The largest absolute Gasteiger partial charge is 0.468 e. The minimum absolute atomic E-state index is 0.197. The van der Waals surface area contributed by atoms with Crippen molar-refractivity contribution in [2.45, 2.75) is 13.1 Å². The second kappa shape index (κ2) is 4.94. The summed E-state index contributed by atoms with van der Waals surface area (Å²) in [4.78, 5) is 2.12. The van der Waals surface area contributed by atoms with E-state index in [-0.39, 0.29) is 5.82 Å². The molecule has 2 nitrogen and oxygen atoms in total. The van der Waals surface area contributed by atoms with Crippen molar-refractivity contribution in [3.05, 3.63) is 59.8 Å². The van der Waals surface area contributed by atoms with Crippen LogP contribution in [0, 0.1) is 5.82 Å². The molecule has 0 unspecified atom stereocenters. The molecule has 2 rings (SSSR count). The SMILES string of the molecule is CN(Cc1ccc(F)cc1)Cc1ccco1. The summed E-state index contributed by atoms with van der Waals surface area (Å²) in [5.41, 5.74) is 1.09. The zero-order chi connectivity index (χ0) is 11.4. The van der Waals surface area contributed by atoms with Crippen LogP contribution in [0.15, 0.2) is 47.1 Å². The minimum atomic E-state index is -0.197. The molecule has 0 saturated carbocycles. The number of benzene rings is 1. The van der Waals surface area contributed by atoms with Gasteiger partial charge in [0.2, 0.25) is 0 Å². The molecule has 0 N–H and O–H groups in total. The molecule has 0 fully saturated rings. The first-order valence-corrected chi connectivity index (χ1v) is 5.19. The summed E-state index contributed by atoms with van der Waals surface area (Å²) in [5, 5.41) is 0. The lowest BCUT2D eigenvalue weighted by Crippen LogP contribution is -2.16. The molecule has 1 heterocycles. The van der Waals surface area contributed by atoms with E-state index in [0.717, 1.165) is 24.4 Å². The van der Waals surface area contributed by atoms with Crippen LogP contribution in [0.2, 0.25) is 0 Å². The van der Waals surface area contributed by atoms with Gasteiger partial charge in [0.05, 0.1) is 12.8 Å². The van der Waals surface area contributed by atoms with Crippen molar-refractivity contribution in [1.29, 1.82) is 0 Å². The van der Waals surface area contributed by atoms with Gasteiger partial charge in [0.1, 0.15) is 11.6 Å². The Morgan fingerprint density at radius 3 is 2.50 bits per heavy atom. The second-order valence-corrected chi connectivity index (χ2v) is 3.88. The van der Waals surface area contributed by atoms with Crippen LogP contribution in [-0.4, -0.2) is 11.9 Å². The number of furan rings is 1. The van der Waals surface area contributed by atoms with E-state index in [4.69, 9.17) is 4.42 Å². The van der Waals surface area contributed by atoms with Gasteiger partial charge in [-0.05, 0) is 36.9 Å². The fraction of sp³-hybridized carbons (Fsp3) is 0.231. The van der Waals surface area contributed by atoms with Crippen molar-refractivity contribution in [2.75, 3.05) is 7.05 Å². The maximum absolute atomic E-state index is 12.7. The third-order valence-electron chi connectivity index (χ3n) is 2.37. The van der Waals surface area contributed by atoms with Gasteiger partial charge in [-0.2, -0.15) is 0 Å². The summed E-state index contributed by atoms with van der Waals surface area (Å²) in [6, 6.07) is 10.4. The van der Waals surface area contributed by atoms with Gasteiger partial charge in [-0.1, -0.05) is 12.1 Å². The Bertz CT molecular complexity index is 422. The van der Waals surface area contributed by atoms with Gasteiger partial charge >= 0.3 is 0 Å². The van der Waals surface area contributed by atoms with E-state index in [1.54, 1.807) is 18.4 Å². The average molecular weight is 219 g/mol. The van der Waals surface area contributed by atoms with Crippen LogP contribution < -0.4 is 0 Å². The summed E-state index contributed by atoms with van der Waals surface area (Å²) in [7, 11) is 2.01. The number of hydrogen-bond acceptors (Lipinski definition) is 2. The highest BCUT2D eigenvalue weighted by Crippen LogP contribution is 2.09. The molecule has 1 aromatic carbocycles. The highest BCUT2D eigenvalue weighted by atomic mass is 19.1. The molecule has 2 aromatic rings. The number of nitrogens with zero attached hydrogens (tertiary/aromatic N) is 1. The maximum Gasteiger partial charge on any atom is 0.123 e. The summed E-state index contributed by atoms with van der Waals surface area (Å²) >= 11 is 0. The van der Waals surface area contributed by atoms with Crippen LogP contribution in [0.1, 0.15) is 11.3 Å². The lowest BCUT2D eigenvalue weighted by Gasteiger charge is -2.14. The molecular formula is C13H14FNO. The maximum atomic E-state index is 12.7. The standard InChI is InChI=1S/C13H14FNO/c1-15(10-13-3-2-8-16-13)9-11-4-6-12(14)7-5-11/h2-8H,9-10H2,1H3. The topological polar surface area (TPSA) is 16.4 Å². The van der Waals surface area contributed by atoms with Crippen molar-refractivity contribution in [3.8, 4) is 0 Å². The van der Waals surface area contributed by atoms with Gasteiger partial charge in [0.15, 0.2) is 0 Å². The quantitative estimate of drug-likeness (QED) is 0.785. The summed E-state index contributed by atoms with van der Waals surface area (Å²) in [5.74, 6) is 0.738. The molecule has 16 heavy (non-hydrogen) atoms. The van der Waals surface area contributed by atoms with Crippen molar-refractivity contribution < 1.29 is 8.81 Å². The summed E-state index contributed by atoms with van der Waals surface area (Å²) < 4.78 is 18.0. The molecule has 0 aliphatic carbocycles. The number of halogens is 1. The molecule has 3 heteroatoms. The smallest absolute Gasteiger partial charge is 0.123 e. The summed E-state index contributed by atoms with van der Waals surface area (Å²) in [6.45, 7) is 1.53. The Morgan fingerprint density at radius 1 is 1.12 bits per heavy atom. The minimum Gasteiger partial charge on any atom is -0.468 e. The van der Waals surface area contributed by atoms with Crippen LogP contribution in [0.5, 0.6) is 0 Å². The van der Waals surface area contributed by atoms with E-state index in [2.05, 4.69) is 4.90 Å². The van der Waals surface area contributed by atoms with Gasteiger partial charge in [0.25, 0.3) is 0 Å². The Morgan fingerprint density at radius 2 is 1.88 bits per heavy atom. The molecular weight excluding hydrogens is 205 g/mol. The third-order valence-corrected chi connectivity index (χ3v) is 2.37. The molecule has 0 atom stereocenters. The van der Waals surface area contributed by atoms with E-state index in [1.165, 1.54) is 12.1 Å². The van der Waals surface area contributed by atoms with Crippen LogP contribution >= 0.6 is 0 Å². The molecule has 0 amide bonds. The average Bonchev–Trinajstić information content (AvgIpc) is 2.74. The van der Waals surface area contributed by atoms with Gasteiger partial charge in [-0.3, -0.25) is 4.90 Å². The Labute approximate surface area is 94.3 Å². The van der Waals surface area contributed by atoms with Crippen molar-refractivity contribution in [3.63, 3.8) is 0 Å². The Balaban J connectivity index is 1.92. The fourth-order valence-corrected chi connectivity index (χ4v) is 1.63. The molecule has 0 saturated heterocycles. The Hall–Kier alpha value is -1.61. The molecule has 0 radical (unpaired) electrons. The lowest BCUT2D eigenvalue weighted by atomic mass is 10.2. The highest BCUT2D eigenvalue weighted by Gasteiger charge is 2.03. The first-order valence-electron chi connectivity index (χ1n) is 5.19. The lowest BCUT2D eigenvalue weighted by molar-refractivity contribution is 0.288. The monoisotopic (exact) mass is 219 g/mol. The van der Waals surface area contributed by atoms with Crippen LogP contribution in [0.25, 0.3) is 0 Å². The molecule has 0 aliphatic rings. The number of hydrogen-bond donors (Lipinski definition) is 0. The third kappa shape index (κ3) is 2.94. The zero-order valence-corrected chi connectivity index (χ0v) is 9.19. The first-order chi connectivity index (χ1) is 7.74. The number of rotatable bonds is 4. The van der Waals surface area contributed by atoms with E-state index in [1.807, 2.05) is 19.2 Å². The van der Waals surface area contributed by atoms with Crippen molar-refractivity contribution in [2.24, 2.45) is 0 Å². The van der Waals surface area contributed by atoms with E-state index in [9.17, 15) is 4.39 Å². The Kier molecular flexibility index (Phi) is 3.37. The second-order valence-electron chi connectivity index (χ2n) is 3.88. The normalized spacial score (nSPS) is 10.9. The zero-order valence-electron chi connectivity index (χ0n) is 9.19. The first kappa shape index (κ1) is 10.9. The molecule has 0 bridgehead atoms. The van der Waals surface area contributed by atoms with Gasteiger partial charge in [-0.15, -0.1) is 0 Å². The van der Waals surface area contributed by atoms with Crippen LogP contribution in [-0.2, 0) is 13.1 Å².